The van der Waals surface area contributed by atoms with Crippen LogP contribution in [0.5, 0.6) is 0 Å². The van der Waals surface area contributed by atoms with E-state index in [1.165, 1.54) is 17.0 Å². The number of hydrogen-bond acceptors (Lipinski definition) is 7. The highest BCUT2D eigenvalue weighted by Crippen LogP contribution is 2.24. The van der Waals surface area contributed by atoms with Gasteiger partial charge in [-0.25, -0.2) is 9.97 Å². The molecular weight excluding hydrogens is 368 g/mol. The molecule has 0 atom stereocenters. The molecule has 5 heterocycles. The average molecular weight is 394 g/mol. The predicted octanol–water partition coefficient (Wildman–Crippen LogP) is 0.867. The van der Waals surface area contributed by atoms with Crippen LogP contribution in [0.2, 0.25) is 0 Å². The molecule has 152 valence electrons. The molecule has 2 aliphatic heterocycles. The largest absolute Gasteiger partial charge is 0.390 e. The molecule has 0 aromatic carbocycles. The summed E-state index contributed by atoms with van der Waals surface area (Å²) in [6.07, 6.45) is 5.56. The molecule has 29 heavy (non-hydrogen) atoms. The Morgan fingerprint density at radius 3 is 2.76 bits per heavy atom. The van der Waals surface area contributed by atoms with Crippen molar-refractivity contribution in [2.45, 2.75) is 45.6 Å². The van der Waals surface area contributed by atoms with Gasteiger partial charge in [0.15, 0.2) is 0 Å². The molecule has 9 heteroatoms. The summed E-state index contributed by atoms with van der Waals surface area (Å²) in [5.41, 5.74) is 5.51. The number of aliphatic hydroxyl groups excluding tert-OH is 1. The second-order valence-corrected chi connectivity index (χ2v) is 7.79. The molecule has 0 saturated heterocycles. The normalized spacial score (nSPS) is 17.1. The third kappa shape index (κ3) is 3.51. The van der Waals surface area contributed by atoms with Gasteiger partial charge in [0.05, 0.1) is 30.2 Å². The van der Waals surface area contributed by atoms with Crippen molar-refractivity contribution in [3.63, 3.8) is 0 Å². The van der Waals surface area contributed by atoms with Crippen LogP contribution in [0, 0.1) is 0 Å². The van der Waals surface area contributed by atoms with Crippen LogP contribution in [0.3, 0.4) is 0 Å². The minimum absolute atomic E-state index is 0.00677. The van der Waals surface area contributed by atoms with Gasteiger partial charge >= 0.3 is 0 Å². The first-order valence-corrected chi connectivity index (χ1v) is 10.2. The minimum Gasteiger partial charge on any atom is -0.390 e. The molecule has 0 bridgehead atoms. The molecule has 0 amide bonds. The third-order valence-electron chi connectivity index (χ3n) is 5.84. The van der Waals surface area contributed by atoms with Gasteiger partial charge in [-0.05, 0) is 18.6 Å². The number of hydrogen-bond donors (Lipinski definition) is 1. The maximum atomic E-state index is 9.61. The summed E-state index contributed by atoms with van der Waals surface area (Å²) in [6.45, 7) is 5.21. The van der Waals surface area contributed by atoms with E-state index in [1.54, 1.807) is 12.4 Å². The van der Waals surface area contributed by atoms with E-state index >= 15 is 0 Å². The maximum Gasteiger partial charge on any atom is 0.225 e. The number of aromatic nitrogens is 6. The molecule has 3 aromatic rings. The number of anilines is 1. The predicted molar refractivity (Wildman–Crippen MR) is 107 cm³/mol. The molecule has 1 N–H and O–H groups in total. The summed E-state index contributed by atoms with van der Waals surface area (Å²) >= 11 is 0. The highest BCUT2D eigenvalue weighted by atomic mass is 16.3. The van der Waals surface area contributed by atoms with Crippen LogP contribution in [0.15, 0.2) is 24.5 Å². The molecule has 0 aliphatic carbocycles. The summed E-state index contributed by atoms with van der Waals surface area (Å²) in [4.78, 5) is 13.4. The van der Waals surface area contributed by atoms with Gasteiger partial charge in [0.25, 0.3) is 0 Å². The van der Waals surface area contributed by atoms with E-state index in [-0.39, 0.29) is 6.61 Å². The zero-order valence-corrected chi connectivity index (χ0v) is 16.7. The number of aryl methyl sites for hydroxylation is 2. The highest BCUT2D eigenvalue weighted by Gasteiger charge is 2.25. The van der Waals surface area contributed by atoms with Gasteiger partial charge in [-0.2, -0.15) is 10.2 Å². The summed E-state index contributed by atoms with van der Waals surface area (Å²) in [7, 11) is 1.96. The van der Waals surface area contributed by atoms with Crippen LogP contribution in [-0.4, -0.2) is 52.6 Å². The van der Waals surface area contributed by atoms with Crippen LogP contribution in [0.4, 0.5) is 5.95 Å². The lowest BCUT2D eigenvalue weighted by Gasteiger charge is -2.26. The zero-order chi connectivity index (χ0) is 19.8. The Bertz CT molecular complexity index is 996. The van der Waals surface area contributed by atoms with Crippen molar-refractivity contribution in [2.75, 3.05) is 18.0 Å². The van der Waals surface area contributed by atoms with Crippen LogP contribution < -0.4 is 4.90 Å². The van der Waals surface area contributed by atoms with Gasteiger partial charge in [0, 0.05) is 69.8 Å². The lowest BCUT2D eigenvalue weighted by atomic mass is 10.1. The SMILES string of the molecule is Cn1nc(CO)c2c1CCN(Cc1cc3n(n1)CCCN(c1ncccn1)C3)C2. The fourth-order valence-corrected chi connectivity index (χ4v) is 4.44. The molecule has 0 fully saturated rings. The number of rotatable bonds is 4. The Hall–Kier alpha value is -2.78. The summed E-state index contributed by atoms with van der Waals surface area (Å²) in [5, 5.41) is 18.9. The molecule has 2 aliphatic rings. The van der Waals surface area contributed by atoms with E-state index < -0.39 is 0 Å². The quantitative estimate of drug-likeness (QED) is 0.702. The molecular formula is C20H26N8O. The zero-order valence-electron chi connectivity index (χ0n) is 16.7. The van der Waals surface area contributed by atoms with Gasteiger partial charge in [-0.1, -0.05) is 0 Å². The van der Waals surface area contributed by atoms with Crippen LogP contribution in [0.1, 0.15) is 34.8 Å². The molecule has 0 radical (unpaired) electrons. The van der Waals surface area contributed by atoms with Crippen molar-refractivity contribution < 1.29 is 5.11 Å². The summed E-state index contributed by atoms with van der Waals surface area (Å²) in [6, 6.07) is 4.06. The van der Waals surface area contributed by atoms with Crippen LogP contribution in [-0.2, 0) is 46.3 Å². The Balaban J connectivity index is 1.31. The van der Waals surface area contributed by atoms with E-state index in [1.807, 2.05) is 17.8 Å². The average Bonchev–Trinajstić information content (AvgIpc) is 3.20. The fraction of sp³-hybridized carbons (Fsp3) is 0.500. The smallest absolute Gasteiger partial charge is 0.225 e. The standard InChI is InChI=1S/C20H26N8O/c1-25-19-4-9-26(13-17(19)18(14-29)24-25)11-15-10-16-12-27(7-3-8-28(16)23-15)20-21-5-2-6-22-20/h2,5-6,10,29H,3-4,7-9,11-14H2,1H3. The fourth-order valence-electron chi connectivity index (χ4n) is 4.44. The first kappa shape index (κ1) is 18.3. The second-order valence-electron chi connectivity index (χ2n) is 7.79. The number of aliphatic hydroxyl groups is 1. The molecule has 0 unspecified atom stereocenters. The molecule has 3 aromatic heterocycles. The van der Waals surface area contributed by atoms with E-state index in [2.05, 4.69) is 35.6 Å². The van der Waals surface area contributed by atoms with Gasteiger partial charge in [0.1, 0.15) is 0 Å². The van der Waals surface area contributed by atoms with Crippen molar-refractivity contribution in [1.29, 1.82) is 0 Å². The molecule has 9 nitrogen and oxygen atoms in total. The Morgan fingerprint density at radius 2 is 1.93 bits per heavy atom. The first-order chi connectivity index (χ1) is 14.2. The molecule has 0 saturated carbocycles. The van der Waals surface area contributed by atoms with Gasteiger partial charge < -0.3 is 10.0 Å². The van der Waals surface area contributed by atoms with Crippen molar-refractivity contribution in [1.82, 2.24) is 34.4 Å². The summed E-state index contributed by atoms with van der Waals surface area (Å²) in [5.74, 6) is 0.778. The lowest BCUT2D eigenvalue weighted by Crippen LogP contribution is -2.31. The summed E-state index contributed by atoms with van der Waals surface area (Å²) < 4.78 is 4.05. The van der Waals surface area contributed by atoms with Crippen LogP contribution >= 0.6 is 0 Å². The Kier molecular flexibility index (Phi) is 4.76. The lowest BCUT2D eigenvalue weighted by molar-refractivity contribution is 0.233. The van der Waals surface area contributed by atoms with E-state index in [0.29, 0.717) is 0 Å². The van der Waals surface area contributed by atoms with E-state index in [0.717, 1.165) is 69.4 Å². The maximum absolute atomic E-state index is 9.61. The van der Waals surface area contributed by atoms with Gasteiger partial charge in [-0.15, -0.1) is 0 Å². The van der Waals surface area contributed by atoms with Crippen molar-refractivity contribution in [3.05, 3.63) is 52.9 Å². The Labute approximate surface area is 169 Å². The minimum atomic E-state index is -0.00677. The monoisotopic (exact) mass is 394 g/mol. The van der Waals surface area contributed by atoms with E-state index in [4.69, 9.17) is 5.10 Å². The second kappa shape index (κ2) is 7.57. The molecule has 0 spiro atoms. The van der Waals surface area contributed by atoms with Crippen molar-refractivity contribution in [2.24, 2.45) is 7.05 Å². The van der Waals surface area contributed by atoms with Gasteiger partial charge in [-0.3, -0.25) is 14.3 Å². The van der Waals surface area contributed by atoms with Crippen LogP contribution in [0.25, 0.3) is 0 Å². The van der Waals surface area contributed by atoms with Crippen molar-refractivity contribution in [3.8, 4) is 0 Å². The van der Waals surface area contributed by atoms with Crippen molar-refractivity contribution >= 4 is 5.95 Å². The third-order valence-corrected chi connectivity index (χ3v) is 5.84. The number of nitrogens with zero attached hydrogens (tertiary/aromatic N) is 8. The van der Waals surface area contributed by atoms with Gasteiger partial charge in [0.2, 0.25) is 5.95 Å². The Morgan fingerprint density at radius 1 is 1.07 bits per heavy atom. The number of fused-ring (bicyclic) bond motifs is 2. The topological polar surface area (TPSA) is 88.1 Å². The molecule has 5 rings (SSSR count). The van der Waals surface area contributed by atoms with E-state index in [9.17, 15) is 5.11 Å². The first-order valence-electron chi connectivity index (χ1n) is 10.2. The highest BCUT2D eigenvalue weighted by molar-refractivity contribution is 5.31.